The summed E-state index contributed by atoms with van der Waals surface area (Å²) in [5.74, 6) is 1.14. The molecule has 1 atom stereocenters. The van der Waals surface area contributed by atoms with Crippen molar-refractivity contribution in [1.82, 2.24) is 10.2 Å². The first kappa shape index (κ1) is 16.3. The molecule has 3 aliphatic rings. The topological polar surface area (TPSA) is 41.6 Å². The number of carbonyl (C=O) groups excluding carboxylic acids is 1. The molecule has 0 aromatic heterocycles. The quantitative estimate of drug-likeness (QED) is 0.820. The van der Waals surface area contributed by atoms with Gasteiger partial charge in [-0.25, -0.2) is 0 Å². The van der Waals surface area contributed by atoms with Gasteiger partial charge in [0.25, 0.3) is 0 Å². The van der Waals surface area contributed by atoms with E-state index < -0.39 is 0 Å². The maximum atomic E-state index is 12.8. The van der Waals surface area contributed by atoms with Gasteiger partial charge in [-0.3, -0.25) is 4.79 Å². The molecule has 0 bridgehead atoms. The fourth-order valence-corrected chi connectivity index (χ4v) is 4.32. The number of nitrogens with one attached hydrogen (secondary N) is 1. The molecule has 1 N–H and O–H groups in total. The monoisotopic (exact) mass is 308 g/mol. The third kappa shape index (κ3) is 4.45. The Bertz CT molecular complexity index is 343. The molecular formula is C18H32N2O2. The molecule has 0 aromatic carbocycles. The predicted molar refractivity (Wildman–Crippen MR) is 87.8 cm³/mol. The van der Waals surface area contributed by atoms with Crippen LogP contribution in [0, 0.1) is 5.92 Å². The minimum Gasteiger partial charge on any atom is -0.376 e. The minimum atomic E-state index is 0.295. The number of amides is 1. The fourth-order valence-electron chi connectivity index (χ4n) is 4.32. The maximum absolute atomic E-state index is 12.8. The average molecular weight is 308 g/mol. The zero-order valence-corrected chi connectivity index (χ0v) is 13.9. The molecule has 0 aromatic rings. The Labute approximate surface area is 135 Å². The SMILES string of the molecule is O=C(CCC1CCNCC1)N(CC1CCCO1)C1CCCC1. The lowest BCUT2D eigenvalue weighted by Gasteiger charge is -2.32. The van der Waals surface area contributed by atoms with E-state index >= 15 is 0 Å². The summed E-state index contributed by atoms with van der Waals surface area (Å²) in [6, 6.07) is 0.490. The van der Waals surface area contributed by atoms with E-state index in [1.54, 1.807) is 0 Å². The van der Waals surface area contributed by atoms with Gasteiger partial charge in [-0.15, -0.1) is 0 Å². The molecule has 3 rings (SSSR count). The second-order valence-electron chi connectivity index (χ2n) is 7.35. The van der Waals surface area contributed by atoms with Crippen LogP contribution < -0.4 is 5.32 Å². The third-order valence-electron chi connectivity index (χ3n) is 5.74. The first-order chi connectivity index (χ1) is 10.8. The summed E-state index contributed by atoms with van der Waals surface area (Å²) in [4.78, 5) is 15.0. The number of carbonyl (C=O) groups is 1. The van der Waals surface area contributed by atoms with Gasteiger partial charge in [0.2, 0.25) is 5.91 Å². The van der Waals surface area contributed by atoms with Gasteiger partial charge in [-0.05, 0) is 64.0 Å². The Hall–Kier alpha value is -0.610. The van der Waals surface area contributed by atoms with Crippen LogP contribution in [-0.4, -0.2) is 49.2 Å². The van der Waals surface area contributed by atoms with E-state index in [0.717, 1.165) is 57.8 Å². The molecule has 3 fully saturated rings. The summed E-state index contributed by atoms with van der Waals surface area (Å²) in [5, 5.41) is 3.41. The summed E-state index contributed by atoms with van der Waals surface area (Å²) in [6.45, 7) is 3.98. The van der Waals surface area contributed by atoms with E-state index in [-0.39, 0.29) is 0 Å². The van der Waals surface area contributed by atoms with Gasteiger partial charge in [-0.1, -0.05) is 12.8 Å². The summed E-state index contributed by atoms with van der Waals surface area (Å²) in [5.41, 5.74) is 0. The van der Waals surface area contributed by atoms with Crippen LogP contribution in [0.5, 0.6) is 0 Å². The molecule has 1 aliphatic carbocycles. The van der Waals surface area contributed by atoms with Gasteiger partial charge >= 0.3 is 0 Å². The fraction of sp³-hybridized carbons (Fsp3) is 0.944. The first-order valence-electron chi connectivity index (χ1n) is 9.44. The van der Waals surface area contributed by atoms with Crippen molar-refractivity contribution in [2.24, 2.45) is 5.92 Å². The number of hydrogen-bond acceptors (Lipinski definition) is 3. The normalized spacial score (nSPS) is 27.4. The zero-order valence-electron chi connectivity index (χ0n) is 13.9. The smallest absolute Gasteiger partial charge is 0.222 e. The van der Waals surface area contributed by atoms with Crippen molar-refractivity contribution >= 4 is 5.91 Å². The van der Waals surface area contributed by atoms with Crippen LogP contribution in [0.1, 0.15) is 64.2 Å². The van der Waals surface area contributed by atoms with Crippen LogP contribution in [0.2, 0.25) is 0 Å². The van der Waals surface area contributed by atoms with Crippen molar-refractivity contribution in [3.05, 3.63) is 0 Å². The van der Waals surface area contributed by atoms with E-state index in [4.69, 9.17) is 4.74 Å². The van der Waals surface area contributed by atoms with Crippen LogP contribution >= 0.6 is 0 Å². The number of hydrogen-bond donors (Lipinski definition) is 1. The molecule has 1 amide bonds. The lowest BCUT2D eigenvalue weighted by molar-refractivity contribution is -0.135. The summed E-state index contributed by atoms with van der Waals surface area (Å²) in [7, 11) is 0. The Balaban J connectivity index is 1.51. The molecule has 126 valence electrons. The van der Waals surface area contributed by atoms with Gasteiger partial charge in [0, 0.05) is 25.6 Å². The van der Waals surface area contributed by atoms with Gasteiger partial charge in [0.15, 0.2) is 0 Å². The van der Waals surface area contributed by atoms with Crippen LogP contribution in [-0.2, 0) is 9.53 Å². The van der Waals surface area contributed by atoms with Gasteiger partial charge < -0.3 is 15.0 Å². The van der Waals surface area contributed by atoms with Gasteiger partial charge in [-0.2, -0.15) is 0 Å². The van der Waals surface area contributed by atoms with Crippen molar-refractivity contribution in [3.8, 4) is 0 Å². The van der Waals surface area contributed by atoms with E-state index in [2.05, 4.69) is 10.2 Å². The highest BCUT2D eigenvalue weighted by Gasteiger charge is 2.30. The molecular weight excluding hydrogens is 276 g/mol. The number of ether oxygens (including phenoxy) is 1. The standard InChI is InChI=1S/C18H32N2O2/c21-18(8-7-15-9-11-19-12-10-15)20(16-4-1-2-5-16)14-17-6-3-13-22-17/h15-17,19H,1-14H2. The molecule has 1 saturated carbocycles. The second kappa shape index (κ2) is 8.30. The van der Waals surface area contributed by atoms with Crippen LogP contribution in [0.3, 0.4) is 0 Å². The molecule has 22 heavy (non-hydrogen) atoms. The van der Waals surface area contributed by atoms with Gasteiger partial charge in [0.1, 0.15) is 0 Å². The third-order valence-corrected chi connectivity index (χ3v) is 5.74. The van der Waals surface area contributed by atoms with E-state index in [1.165, 1.54) is 38.5 Å². The Kier molecular flexibility index (Phi) is 6.13. The second-order valence-corrected chi connectivity index (χ2v) is 7.35. The maximum Gasteiger partial charge on any atom is 0.222 e. The van der Waals surface area contributed by atoms with Gasteiger partial charge in [0.05, 0.1) is 6.10 Å². The minimum absolute atomic E-state index is 0.295. The number of rotatable bonds is 6. The predicted octanol–water partition coefficient (Wildman–Crippen LogP) is 2.72. The molecule has 1 unspecified atom stereocenters. The lowest BCUT2D eigenvalue weighted by Crippen LogP contribution is -2.43. The summed E-state index contributed by atoms with van der Waals surface area (Å²) in [6.07, 6.45) is 11.9. The van der Waals surface area contributed by atoms with E-state index in [0.29, 0.717) is 18.1 Å². The van der Waals surface area contributed by atoms with Crippen molar-refractivity contribution < 1.29 is 9.53 Å². The molecule has 2 heterocycles. The largest absolute Gasteiger partial charge is 0.376 e. The highest BCUT2D eigenvalue weighted by Crippen LogP contribution is 2.27. The van der Waals surface area contributed by atoms with Crippen LogP contribution in [0.25, 0.3) is 0 Å². The molecule has 2 aliphatic heterocycles. The molecule has 0 spiro atoms. The Morgan fingerprint density at radius 1 is 1.05 bits per heavy atom. The average Bonchev–Trinajstić information content (AvgIpc) is 3.24. The number of piperidine rings is 1. The highest BCUT2D eigenvalue weighted by molar-refractivity contribution is 5.76. The summed E-state index contributed by atoms with van der Waals surface area (Å²) < 4.78 is 5.79. The van der Waals surface area contributed by atoms with E-state index in [9.17, 15) is 4.79 Å². The van der Waals surface area contributed by atoms with Crippen LogP contribution in [0.15, 0.2) is 0 Å². The molecule has 0 radical (unpaired) electrons. The van der Waals surface area contributed by atoms with Crippen LogP contribution in [0.4, 0.5) is 0 Å². The number of nitrogens with zero attached hydrogens (tertiary/aromatic N) is 1. The summed E-state index contributed by atoms with van der Waals surface area (Å²) >= 11 is 0. The van der Waals surface area contributed by atoms with Crippen molar-refractivity contribution in [3.63, 3.8) is 0 Å². The Morgan fingerprint density at radius 2 is 1.82 bits per heavy atom. The first-order valence-corrected chi connectivity index (χ1v) is 9.44. The zero-order chi connectivity index (χ0) is 15.2. The molecule has 4 nitrogen and oxygen atoms in total. The lowest BCUT2D eigenvalue weighted by atomic mass is 9.93. The van der Waals surface area contributed by atoms with Crippen molar-refractivity contribution in [2.75, 3.05) is 26.2 Å². The Morgan fingerprint density at radius 3 is 2.50 bits per heavy atom. The van der Waals surface area contributed by atoms with E-state index in [1.807, 2.05) is 0 Å². The molecule has 4 heteroatoms. The molecule has 2 saturated heterocycles. The highest BCUT2D eigenvalue weighted by atomic mass is 16.5. The van der Waals surface area contributed by atoms with Crippen molar-refractivity contribution in [1.29, 1.82) is 0 Å². The van der Waals surface area contributed by atoms with Crippen molar-refractivity contribution in [2.45, 2.75) is 76.4 Å².